The first-order valence-corrected chi connectivity index (χ1v) is 6.14. The summed E-state index contributed by atoms with van der Waals surface area (Å²) in [5.74, 6) is 0.426. The Morgan fingerprint density at radius 3 is 3.06 bits per heavy atom. The van der Waals surface area contributed by atoms with E-state index in [1.54, 1.807) is 6.07 Å². The lowest BCUT2D eigenvalue weighted by atomic mass is 9.90. The van der Waals surface area contributed by atoms with Crippen LogP contribution in [0.15, 0.2) is 16.7 Å². The van der Waals surface area contributed by atoms with Crippen LogP contribution >= 0.6 is 0 Å². The highest BCUT2D eigenvalue weighted by molar-refractivity contribution is 5.88. The number of hydrogen-bond donors (Lipinski definition) is 1. The summed E-state index contributed by atoms with van der Waals surface area (Å²) in [5.41, 5.74) is 6.45. The molecular weight excluding hydrogens is 232 g/mol. The van der Waals surface area contributed by atoms with Gasteiger partial charge in [-0.05, 0) is 31.0 Å². The SMILES string of the molecule is COC(=O)c1coc(CN2CCC(C)(CN)C2)c1. The van der Waals surface area contributed by atoms with Crippen LogP contribution in [0.3, 0.4) is 0 Å². The number of ether oxygens (including phenoxy) is 1. The fourth-order valence-electron chi connectivity index (χ4n) is 2.34. The fraction of sp³-hybridized carbons (Fsp3) is 0.615. The smallest absolute Gasteiger partial charge is 0.341 e. The van der Waals surface area contributed by atoms with Gasteiger partial charge in [-0.15, -0.1) is 0 Å². The molecule has 0 bridgehead atoms. The van der Waals surface area contributed by atoms with Gasteiger partial charge in [0.05, 0.1) is 19.2 Å². The van der Waals surface area contributed by atoms with Crippen LogP contribution in [0, 0.1) is 5.41 Å². The van der Waals surface area contributed by atoms with E-state index < -0.39 is 0 Å². The van der Waals surface area contributed by atoms with Crippen molar-refractivity contribution in [3.8, 4) is 0 Å². The van der Waals surface area contributed by atoms with Gasteiger partial charge in [0.25, 0.3) is 0 Å². The molecule has 0 aromatic carbocycles. The van der Waals surface area contributed by atoms with Crippen LogP contribution in [-0.4, -0.2) is 37.6 Å². The van der Waals surface area contributed by atoms with Crippen molar-refractivity contribution in [1.82, 2.24) is 4.90 Å². The standard InChI is InChI=1S/C13H20N2O3/c1-13(8-14)3-4-15(9-13)6-11-5-10(7-18-11)12(16)17-2/h5,7H,3-4,6,8-9,14H2,1-2H3. The van der Waals surface area contributed by atoms with Crippen LogP contribution in [0.2, 0.25) is 0 Å². The average molecular weight is 252 g/mol. The third-order valence-corrected chi connectivity index (χ3v) is 3.58. The van der Waals surface area contributed by atoms with E-state index in [1.165, 1.54) is 13.4 Å². The Balaban J connectivity index is 1.95. The molecule has 2 rings (SSSR count). The van der Waals surface area contributed by atoms with Crippen LogP contribution in [0.5, 0.6) is 0 Å². The van der Waals surface area contributed by atoms with Crippen molar-refractivity contribution in [3.05, 3.63) is 23.7 Å². The van der Waals surface area contributed by atoms with Gasteiger partial charge in [-0.3, -0.25) is 4.90 Å². The number of likely N-dealkylation sites (tertiary alicyclic amines) is 1. The molecule has 1 aliphatic rings. The summed E-state index contributed by atoms with van der Waals surface area (Å²) in [4.78, 5) is 13.6. The average Bonchev–Trinajstić information content (AvgIpc) is 2.97. The van der Waals surface area contributed by atoms with Gasteiger partial charge in [0, 0.05) is 6.54 Å². The van der Waals surface area contributed by atoms with E-state index in [0.29, 0.717) is 18.7 Å². The van der Waals surface area contributed by atoms with Gasteiger partial charge in [0.15, 0.2) is 0 Å². The largest absolute Gasteiger partial charge is 0.467 e. The second-order valence-electron chi connectivity index (χ2n) is 5.27. The number of nitrogens with zero attached hydrogens (tertiary/aromatic N) is 1. The molecule has 5 heteroatoms. The summed E-state index contributed by atoms with van der Waals surface area (Å²) in [6.45, 7) is 5.61. The Morgan fingerprint density at radius 2 is 2.44 bits per heavy atom. The number of carbonyl (C=O) groups is 1. The van der Waals surface area contributed by atoms with Gasteiger partial charge in [0.1, 0.15) is 12.0 Å². The molecule has 5 nitrogen and oxygen atoms in total. The highest BCUT2D eigenvalue weighted by atomic mass is 16.5. The lowest BCUT2D eigenvalue weighted by Crippen LogP contribution is -2.31. The number of nitrogens with two attached hydrogens (primary N) is 1. The van der Waals surface area contributed by atoms with Crippen molar-refractivity contribution in [3.63, 3.8) is 0 Å². The van der Waals surface area contributed by atoms with E-state index in [9.17, 15) is 4.79 Å². The Hall–Kier alpha value is -1.33. The topological polar surface area (TPSA) is 68.7 Å². The van der Waals surface area contributed by atoms with Gasteiger partial charge in [-0.1, -0.05) is 6.92 Å². The summed E-state index contributed by atoms with van der Waals surface area (Å²) < 4.78 is 10.0. The molecule has 100 valence electrons. The minimum Gasteiger partial charge on any atom is -0.467 e. The van der Waals surface area contributed by atoms with E-state index in [4.69, 9.17) is 10.2 Å². The highest BCUT2D eigenvalue weighted by Crippen LogP contribution is 2.29. The van der Waals surface area contributed by atoms with Gasteiger partial charge in [-0.2, -0.15) is 0 Å². The van der Waals surface area contributed by atoms with E-state index in [-0.39, 0.29) is 11.4 Å². The monoisotopic (exact) mass is 252 g/mol. The molecule has 1 aromatic heterocycles. The quantitative estimate of drug-likeness (QED) is 0.816. The number of esters is 1. The molecule has 0 amide bonds. The number of carbonyl (C=O) groups excluding carboxylic acids is 1. The first kappa shape index (κ1) is 13.1. The fourth-order valence-corrected chi connectivity index (χ4v) is 2.34. The van der Waals surface area contributed by atoms with Crippen molar-refractivity contribution in [1.29, 1.82) is 0 Å². The lowest BCUT2D eigenvalue weighted by Gasteiger charge is -2.21. The van der Waals surface area contributed by atoms with Gasteiger partial charge < -0.3 is 14.9 Å². The van der Waals surface area contributed by atoms with Crippen LogP contribution in [0.4, 0.5) is 0 Å². The Kier molecular flexibility index (Phi) is 3.73. The number of hydrogen-bond acceptors (Lipinski definition) is 5. The molecular formula is C13H20N2O3. The summed E-state index contributed by atoms with van der Waals surface area (Å²) in [7, 11) is 1.36. The van der Waals surface area contributed by atoms with Crippen molar-refractivity contribution in [2.45, 2.75) is 19.9 Å². The zero-order valence-electron chi connectivity index (χ0n) is 10.9. The van der Waals surface area contributed by atoms with Crippen LogP contribution in [0.25, 0.3) is 0 Å². The number of methoxy groups -OCH3 is 1. The molecule has 1 saturated heterocycles. The molecule has 0 aliphatic carbocycles. The predicted octanol–water partition coefficient (Wildman–Crippen LogP) is 1.24. The zero-order valence-corrected chi connectivity index (χ0v) is 10.9. The molecule has 0 radical (unpaired) electrons. The molecule has 1 atom stereocenters. The van der Waals surface area contributed by atoms with Gasteiger partial charge in [-0.25, -0.2) is 4.79 Å². The number of furan rings is 1. The van der Waals surface area contributed by atoms with E-state index >= 15 is 0 Å². The third kappa shape index (κ3) is 2.73. The van der Waals surface area contributed by atoms with Crippen molar-refractivity contribution < 1.29 is 13.9 Å². The third-order valence-electron chi connectivity index (χ3n) is 3.58. The molecule has 2 heterocycles. The maximum Gasteiger partial charge on any atom is 0.341 e. The molecule has 0 saturated carbocycles. The van der Waals surface area contributed by atoms with Crippen molar-refractivity contribution in [2.75, 3.05) is 26.7 Å². The van der Waals surface area contributed by atoms with E-state index in [2.05, 4.69) is 16.6 Å². The first-order chi connectivity index (χ1) is 8.56. The van der Waals surface area contributed by atoms with E-state index in [0.717, 1.165) is 25.3 Å². The molecule has 2 N–H and O–H groups in total. The van der Waals surface area contributed by atoms with Crippen LogP contribution in [-0.2, 0) is 11.3 Å². The summed E-state index contributed by atoms with van der Waals surface area (Å²) in [6.07, 6.45) is 2.55. The Labute approximate surface area is 107 Å². The molecule has 1 unspecified atom stereocenters. The summed E-state index contributed by atoms with van der Waals surface area (Å²) in [5, 5.41) is 0. The normalized spacial score (nSPS) is 24.4. The molecule has 1 aliphatic heterocycles. The number of rotatable bonds is 4. The zero-order chi connectivity index (χ0) is 13.2. The van der Waals surface area contributed by atoms with Gasteiger partial charge >= 0.3 is 5.97 Å². The summed E-state index contributed by atoms with van der Waals surface area (Å²) in [6, 6.07) is 1.74. The maximum atomic E-state index is 11.3. The Morgan fingerprint density at radius 1 is 1.67 bits per heavy atom. The molecule has 18 heavy (non-hydrogen) atoms. The second-order valence-corrected chi connectivity index (χ2v) is 5.27. The van der Waals surface area contributed by atoms with Crippen molar-refractivity contribution in [2.24, 2.45) is 11.1 Å². The van der Waals surface area contributed by atoms with Gasteiger partial charge in [0.2, 0.25) is 0 Å². The minimum atomic E-state index is -0.363. The molecule has 1 aromatic rings. The highest BCUT2D eigenvalue weighted by Gasteiger charge is 2.32. The second kappa shape index (κ2) is 5.12. The lowest BCUT2D eigenvalue weighted by molar-refractivity contribution is 0.0600. The van der Waals surface area contributed by atoms with E-state index in [1.807, 2.05) is 0 Å². The Bertz CT molecular complexity index is 430. The molecule has 1 fully saturated rings. The van der Waals surface area contributed by atoms with Crippen LogP contribution in [0.1, 0.15) is 29.5 Å². The van der Waals surface area contributed by atoms with Crippen molar-refractivity contribution >= 4 is 5.97 Å². The minimum absolute atomic E-state index is 0.206. The molecule has 0 spiro atoms. The van der Waals surface area contributed by atoms with Crippen LogP contribution < -0.4 is 5.73 Å². The summed E-state index contributed by atoms with van der Waals surface area (Å²) >= 11 is 0. The maximum absolute atomic E-state index is 11.3. The first-order valence-electron chi connectivity index (χ1n) is 6.14. The predicted molar refractivity (Wildman–Crippen MR) is 67.1 cm³/mol.